The number of halogens is 2. The fourth-order valence-corrected chi connectivity index (χ4v) is 5.19. The Morgan fingerprint density at radius 3 is 2.25 bits per heavy atom. The minimum Gasteiger partial charge on any atom is -0.381 e. The molecule has 0 saturated carbocycles. The summed E-state index contributed by atoms with van der Waals surface area (Å²) in [6.07, 6.45) is 0. The zero-order valence-corrected chi connectivity index (χ0v) is 23.1. The van der Waals surface area contributed by atoms with Crippen molar-refractivity contribution in [1.29, 1.82) is 0 Å². The zero-order valence-electron chi connectivity index (χ0n) is 21.5. The molecule has 0 radical (unpaired) electrons. The summed E-state index contributed by atoms with van der Waals surface area (Å²) in [7, 11) is 0. The molecule has 2 N–H and O–H groups in total. The van der Waals surface area contributed by atoms with Crippen molar-refractivity contribution in [1.82, 2.24) is 15.0 Å². The van der Waals surface area contributed by atoms with Gasteiger partial charge >= 0.3 is 0 Å². The molecule has 6 rings (SSSR count). The van der Waals surface area contributed by atoms with Gasteiger partial charge in [0.1, 0.15) is 11.5 Å². The Labute approximate surface area is 240 Å². The van der Waals surface area contributed by atoms with E-state index in [-0.39, 0.29) is 12.4 Å². The van der Waals surface area contributed by atoms with E-state index in [1.165, 1.54) is 12.1 Å². The van der Waals surface area contributed by atoms with Crippen molar-refractivity contribution in [2.24, 2.45) is 0 Å². The molecule has 0 aliphatic rings. The molecule has 0 amide bonds. The maximum Gasteiger partial charge on any atom is 0.153 e. The summed E-state index contributed by atoms with van der Waals surface area (Å²) in [6, 6.07) is 38.0. The number of hydrogen-bond acceptors (Lipinski definition) is 4. The van der Waals surface area contributed by atoms with Gasteiger partial charge in [0.2, 0.25) is 0 Å². The Kier molecular flexibility index (Phi) is 7.15. The molecule has 1 unspecified atom stereocenters. The Bertz CT molecular complexity index is 1750. The number of aliphatic hydroxyl groups is 1. The third-order valence-electron chi connectivity index (χ3n) is 7.04. The molecule has 5 nitrogen and oxygen atoms in total. The predicted molar refractivity (Wildman–Crippen MR) is 161 cm³/mol. The van der Waals surface area contributed by atoms with Crippen LogP contribution in [0.2, 0.25) is 0 Å². The monoisotopic (exact) mass is 592 g/mol. The van der Waals surface area contributed by atoms with Crippen LogP contribution < -0.4 is 5.32 Å². The Hall–Kier alpha value is -4.33. The summed E-state index contributed by atoms with van der Waals surface area (Å²) in [5.41, 5.74) is 2.88. The molecule has 0 aliphatic carbocycles. The lowest BCUT2D eigenvalue weighted by Gasteiger charge is -2.29. The zero-order chi connectivity index (χ0) is 27.5. The molecule has 198 valence electrons. The van der Waals surface area contributed by atoms with E-state index in [0.717, 1.165) is 32.1 Å². The van der Waals surface area contributed by atoms with E-state index in [1.807, 2.05) is 77.5 Å². The first-order chi connectivity index (χ1) is 19.5. The second-order valence-corrected chi connectivity index (χ2v) is 10.6. The Balaban J connectivity index is 1.51. The molecule has 1 aromatic heterocycles. The molecule has 40 heavy (non-hydrogen) atoms. The summed E-state index contributed by atoms with van der Waals surface area (Å²) in [5.74, 6) is -0.323. The van der Waals surface area contributed by atoms with E-state index in [1.54, 1.807) is 12.1 Å². The number of nitrogens with zero attached hydrogens (tertiary/aromatic N) is 3. The van der Waals surface area contributed by atoms with Crippen LogP contribution in [-0.4, -0.2) is 26.6 Å². The van der Waals surface area contributed by atoms with Crippen LogP contribution in [0.3, 0.4) is 0 Å². The van der Waals surface area contributed by atoms with Crippen molar-refractivity contribution in [3.05, 3.63) is 148 Å². The average Bonchev–Trinajstić information content (AvgIpc) is 3.41. The van der Waals surface area contributed by atoms with Crippen LogP contribution in [0.5, 0.6) is 0 Å². The normalized spacial score (nSPS) is 12.8. The van der Waals surface area contributed by atoms with Crippen molar-refractivity contribution in [2.45, 2.75) is 12.1 Å². The van der Waals surface area contributed by atoms with E-state index in [0.29, 0.717) is 23.5 Å². The average molecular weight is 594 g/mol. The van der Waals surface area contributed by atoms with Crippen LogP contribution in [0.25, 0.3) is 22.0 Å². The first-order valence-corrected chi connectivity index (χ1v) is 13.7. The molecule has 0 fully saturated rings. The fraction of sp³-hybridized carbons (Fsp3) is 0.0909. The molecule has 1 atom stereocenters. The molecule has 0 spiro atoms. The predicted octanol–water partition coefficient (Wildman–Crippen LogP) is 7.40. The SMILES string of the molecule is OC(CNc1ccc(F)cc1)(c1ccc(Br)cc1)c1nnn(Cc2ccccc2)c1-c1ccc2ccccc2c1. The van der Waals surface area contributed by atoms with Crippen molar-refractivity contribution in [3.8, 4) is 11.3 Å². The number of hydrogen-bond donors (Lipinski definition) is 2. The Morgan fingerprint density at radius 1 is 0.800 bits per heavy atom. The van der Waals surface area contributed by atoms with Crippen LogP contribution in [-0.2, 0) is 12.1 Å². The summed E-state index contributed by atoms with van der Waals surface area (Å²) < 4.78 is 16.3. The highest BCUT2D eigenvalue weighted by atomic mass is 79.9. The van der Waals surface area contributed by atoms with Crippen LogP contribution in [0.1, 0.15) is 16.8 Å². The highest BCUT2D eigenvalue weighted by Gasteiger charge is 2.38. The lowest BCUT2D eigenvalue weighted by Crippen LogP contribution is -2.36. The van der Waals surface area contributed by atoms with Crippen LogP contribution in [0.15, 0.2) is 126 Å². The summed E-state index contributed by atoms with van der Waals surface area (Å²) >= 11 is 3.50. The first kappa shape index (κ1) is 25.9. The van der Waals surface area contributed by atoms with Gasteiger partial charge in [0.25, 0.3) is 0 Å². The number of rotatable bonds is 8. The van der Waals surface area contributed by atoms with E-state index < -0.39 is 5.60 Å². The third-order valence-corrected chi connectivity index (χ3v) is 7.57. The maximum absolute atomic E-state index is 13.6. The number of fused-ring (bicyclic) bond motifs is 1. The molecule has 5 aromatic carbocycles. The lowest BCUT2D eigenvalue weighted by molar-refractivity contribution is 0.0907. The van der Waals surface area contributed by atoms with Gasteiger partial charge in [0.15, 0.2) is 5.60 Å². The number of aromatic nitrogens is 3. The largest absolute Gasteiger partial charge is 0.381 e. The maximum atomic E-state index is 13.6. The van der Waals surface area contributed by atoms with Crippen LogP contribution in [0.4, 0.5) is 10.1 Å². The third kappa shape index (κ3) is 5.26. The minimum absolute atomic E-state index is 0.0882. The van der Waals surface area contributed by atoms with Gasteiger partial charge in [-0.3, -0.25) is 0 Å². The minimum atomic E-state index is -1.56. The van der Waals surface area contributed by atoms with E-state index in [4.69, 9.17) is 0 Å². The van der Waals surface area contributed by atoms with Gasteiger partial charge in [0.05, 0.1) is 18.8 Å². The van der Waals surface area contributed by atoms with Crippen LogP contribution >= 0.6 is 15.9 Å². The van der Waals surface area contributed by atoms with Crippen LogP contribution in [0, 0.1) is 5.82 Å². The topological polar surface area (TPSA) is 63.0 Å². The fourth-order valence-electron chi connectivity index (χ4n) is 4.93. The van der Waals surface area contributed by atoms with E-state index in [2.05, 4.69) is 55.8 Å². The molecule has 6 aromatic rings. The molecule has 0 bridgehead atoms. The summed E-state index contributed by atoms with van der Waals surface area (Å²) in [6.45, 7) is 0.572. The molecular formula is C33H26BrFN4O. The van der Waals surface area contributed by atoms with E-state index >= 15 is 0 Å². The second-order valence-electron chi connectivity index (χ2n) is 9.72. The highest BCUT2D eigenvalue weighted by molar-refractivity contribution is 9.10. The summed E-state index contributed by atoms with van der Waals surface area (Å²) in [5, 5.41) is 27.2. The summed E-state index contributed by atoms with van der Waals surface area (Å²) in [4.78, 5) is 0. The number of benzene rings is 5. The van der Waals surface area contributed by atoms with Gasteiger partial charge in [-0.2, -0.15) is 0 Å². The van der Waals surface area contributed by atoms with Gasteiger partial charge in [-0.15, -0.1) is 5.10 Å². The first-order valence-electron chi connectivity index (χ1n) is 12.9. The second kappa shape index (κ2) is 11.0. The molecular weight excluding hydrogens is 567 g/mol. The molecule has 7 heteroatoms. The molecule has 1 heterocycles. The quantitative estimate of drug-likeness (QED) is 0.193. The molecule has 0 saturated heterocycles. The van der Waals surface area contributed by atoms with Gasteiger partial charge in [-0.05, 0) is 64.4 Å². The number of anilines is 1. The van der Waals surface area contributed by atoms with Gasteiger partial charge < -0.3 is 10.4 Å². The van der Waals surface area contributed by atoms with Crippen molar-refractivity contribution in [2.75, 3.05) is 11.9 Å². The van der Waals surface area contributed by atoms with Crippen molar-refractivity contribution < 1.29 is 9.50 Å². The Morgan fingerprint density at radius 2 is 1.50 bits per heavy atom. The van der Waals surface area contributed by atoms with Gasteiger partial charge in [0, 0.05) is 15.7 Å². The number of nitrogens with one attached hydrogen (secondary N) is 1. The van der Waals surface area contributed by atoms with Gasteiger partial charge in [-0.25, -0.2) is 9.07 Å². The van der Waals surface area contributed by atoms with Gasteiger partial charge in [-0.1, -0.05) is 100 Å². The smallest absolute Gasteiger partial charge is 0.153 e. The van der Waals surface area contributed by atoms with Crippen molar-refractivity contribution >= 4 is 32.4 Å². The standard InChI is InChI=1S/C33H26BrFN4O/c34-28-14-12-27(13-15-28)33(40,22-36-30-18-16-29(35)17-19-30)32-31(26-11-10-24-8-4-5-9-25(24)20-26)39(38-37-32)21-23-6-2-1-3-7-23/h1-20,36,40H,21-22H2. The van der Waals surface area contributed by atoms with Crippen molar-refractivity contribution in [3.63, 3.8) is 0 Å². The van der Waals surface area contributed by atoms with E-state index in [9.17, 15) is 9.50 Å². The highest BCUT2D eigenvalue weighted by Crippen LogP contribution is 2.37. The lowest BCUT2D eigenvalue weighted by atomic mass is 9.87. The molecule has 0 aliphatic heterocycles.